The molecule has 0 radical (unpaired) electrons. The van der Waals surface area contributed by atoms with Crippen molar-refractivity contribution in [3.8, 4) is 0 Å². The normalized spacial score (nSPS) is 12.7. The van der Waals surface area contributed by atoms with E-state index in [1.54, 1.807) is 13.8 Å². The molecule has 0 N–H and O–H groups in total. The zero-order valence-electron chi connectivity index (χ0n) is 19.3. The Balaban J connectivity index is 2.36. The third kappa shape index (κ3) is 5.15. The molecule has 0 atom stereocenters. The summed E-state index contributed by atoms with van der Waals surface area (Å²) in [6, 6.07) is 16.7. The lowest BCUT2D eigenvalue weighted by Crippen LogP contribution is -2.57. The standard InChI is InChI=1S/C25H33NO4/c1-23(2,3)26(30-25(6,7)22(28)29-8)24(4,5)20-16-14-19(15-17-20)21(27)18-12-10-9-11-13-18/h9-17H,1-8H3. The highest BCUT2D eigenvalue weighted by atomic mass is 16.7. The summed E-state index contributed by atoms with van der Waals surface area (Å²) in [7, 11) is 1.35. The molecule has 2 aromatic rings. The van der Waals surface area contributed by atoms with Gasteiger partial charge in [-0.3, -0.25) is 9.63 Å². The second-order valence-electron chi connectivity index (χ2n) is 9.39. The van der Waals surface area contributed by atoms with Crippen LogP contribution in [0, 0.1) is 0 Å². The molecule has 0 saturated carbocycles. The summed E-state index contributed by atoms with van der Waals surface area (Å²) in [5.41, 5.74) is 0.0961. The molecule has 5 heteroatoms. The van der Waals surface area contributed by atoms with Crippen LogP contribution in [0.1, 0.15) is 70.0 Å². The van der Waals surface area contributed by atoms with E-state index in [-0.39, 0.29) is 5.78 Å². The Bertz CT molecular complexity index is 878. The third-order valence-electron chi connectivity index (χ3n) is 5.00. The zero-order valence-corrected chi connectivity index (χ0v) is 19.3. The topological polar surface area (TPSA) is 55.8 Å². The number of benzene rings is 2. The SMILES string of the molecule is COC(=O)C(C)(C)ON(C(C)(C)C)C(C)(C)c1ccc(C(=O)c2ccccc2)cc1. The minimum Gasteiger partial charge on any atom is -0.467 e. The van der Waals surface area contributed by atoms with Crippen LogP contribution >= 0.6 is 0 Å². The van der Waals surface area contributed by atoms with Gasteiger partial charge in [0.1, 0.15) is 0 Å². The van der Waals surface area contributed by atoms with Crippen LogP contribution in [-0.4, -0.2) is 35.1 Å². The molecule has 162 valence electrons. The highest BCUT2D eigenvalue weighted by Crippen LogP contribution is 2.36. The van der Waals surface area contributed by atoms with Crippen molar-refractivity contribution in [2.75, 3.05) is 7.11 Å². The molecular weight excluding hydrogens is 378 g/mol. The first-order chi connectivity index (χ1) is 13.8. The monoisotopic (exact) mass is 411 g/mol. The number of nitrogens with zero attached hydrogens (tertiary/aromatic N) is 1. The molecule has 0 aromatic heterocycles. The molecule has 0 amide bonds. The summed E-state index contributed by atoms with van der Waals surface area (Å²) in [5.74, 6) is -0.466. The number of esters is 1. The summed E-state index contributed by atoms with van der Waals surface area (Å²) in [6.45, 7) is 13.5. The number of ether oxygens (including phenoxy) is 1. The molecule has 0 spiro atoms. The summed E-state index contributed by atoms with van der Waals surface area (Å²) >= 11 is 0. The summed E-state index contributed by atoms with van der Waals surface area (Å²) in [5, 5.41) is 1.82. The van der Waals surface area contributed by atoms with Gasteiger partial charge in [-0.05, 0) is 54.0 Å². The number of carbonyl (C=O) groups is 2. The van der Waals surface area contributed by atoms with Crippen LogP contribution in [0.4, 0.5) is 0 Å². The second kappa shape index (κ2) is 8.70. The van der Waals surface area contributed by atoms with Gasteiger partial charge in [-0.15, -0.1) is 0 Å². The van der Waals surface area contributed by atoms with Crippen LogP contribution in [0.3, 0.4) is 0 Å². The van der Waals surface area contributed by atoms with Crippen LogP contribution in [0.15, 0.2) is 54.6 Å². The van der Waals surface area contributed by atoms with Gasteiger partial charge in [0.2, 0.25) is 0 Å². The Hall–Kier alpha value is -2.50. The first-order valence-corrected chi connectivity index (χ1v) is 10.1. The maximum Gasteiger partial charge on any atom is 0.339 e. The molecule has 0 unspecified atom stereocenters. The number of hydrogen-bond acceptors (Lipinski definition) is 5. The van der Waals surface area contributed by atoms with Crippen molar-refractivity contribution in [1.82, 2.24) is 5.06 Å². The van der Waals surface area contributed by atoms with E-state index in [0.717, 1.165) is 5.56 Å². The molecule has 0 aliphatic carbocycles. The van der Waals surface area contributed by atoms with Gasteiger partial charge in [-0.25, -0.2) is 4.79 Å². The first-order valence-electron chi connectivity index (χ1n) is 10.1. The summed E-state index contributed by atoms with van der Waals surface area (Å²) in [4.78, 5) is 31.1. The highest BCUT2D eigenvalue weighted by Gasteiger charge is 2.43. The van der Waals surface area contributed by atoms with E-state index < -0.39 is 22.6 Å². The average molecular weight is 412 g/mol. The number of rotatable bonds is 7. The molecule has 2 rings (SSSR count). The lowest BCUT2D eigenvalue weighted by Gasteiger charge is -2.48. The Morgan fingerprint density at radius 1 is 0.767 bits per heavy atom. The van der Waals surface area contributed by atoms with Gasteiger partial charge >= 0.3 is 5.97 Å². The van der Waals surface area contributed by atoms with Crippen LogP contribution in [0.2, 0.25) is 0 Å². The van der Waals surface area contributed by atoms with Crippen molar-refractivity contribution >= 4 is 11.8 Å². The molecule has 0 aliphatic rings. The van der Waals surface area contributed by atoms with Gasteiger partial charge in [0.25, 0.3) is 0 Å². The van der Waals surface area contributed by atoms with Gasteiger partial charge in [0.15, 0.2) is 11.4 Å². The Kier molecular flexibility index (Phi) is 6.90. The fourth-order valence-electron chi connectivity index (χ4n) is 3.50. The third-order valence-corrected chi connectivity index (χ3v) is 5.00. The minimum atomic E-state index is -1.15. The van der Waals surface area contributed by atoms with E-state index in [9.17, 15) is 9.59 Å². The largest absolute Gasteiger partial charge is 0.467 e. The maximum atomic E-state index is 12.7. The molecule has 5 nitrogen and oxygen atoms in total. The predicted molar refractivity (Wildman–Crippen MR) is 118 cm³/mol. The molecule has 0 heterocycles. The van der Waals surface area contributed by atoms with Gasteiger partial charge in [-0.2, -0.15) is 5.06 Å². The Labute approximate surface area is 179 Å². The van der Waals surface area contributed by atoms with Crippen LogP contribution < -0.4 is 0 Å². The lowest BCUT2D eigenvalue weighted by molar-refractivity contribution is -0.313. The quantitative estimate of drug-likeness (QED) is 0.359. The first kappa shape index (κ1) is 23.8. The van der Waals surface area contributed by atoms with Crippen LogP contribution in [0.5, 0.6) is 0 Å². The fourth-order valence-corrected chi connectivity index (χ4v) is 3.50. The predicted octanol–water partition coefficient (Wildman–Crippen LogP) is 5.14. The van der Waals surface area contributed by atoms with E-state index >= 15 is 0 Å². The van der Waals surface area contributed by atoms with Gasteiger partial charge < -0.3 is 4.74 Å². The van der Waals surface area contributed by atoms with Crippen molar-refractivity contribution in [2.24, 2.45) is 0 Å². The molecule has 0 aliphatic heterocycles. The van der Waals surface area contributed by atoms with Crippen LogP contribution in [0.25, 0.3) is 0 Å². The highest BCUT2D eigenvalue weighted by molar-refractivity contribution is 6.08. The van der Waals surface area contributed by atoms with E-state index in [2.05, 4.69) is 0 Å². The van der Waals surface area contributed by atoms with Gasteiger partial charge in [0, 0.05) is 16.7 Å². The number of carbonyl (C=O) groups excluding carboxylic acids is 2. The van der Waals surface area contributed by atoms with Gasteiger partial charge in [0.05, 0.1) is 12.6 Å². The summed E-state index contributed by atoms with van der Waals surface area (Å²) < 4.78 is 4.90. The molecule has 0 bridgehead atoms. The smallest absolute Gasteiger partial charge is 0.339 e. The van der Waals surface area contributed by atoms with Gasteiger partial charge in [-0.1, -0.05) is 54.6 Å². The van der Waals surface area contributed by atoms with Crippen molar-refractivity contribution in [3.63, 3.8) is 0 Å². The summed E-state index contributed by atoms with van der Waals surface area (Å²) in [6.07, 6.45) is 0. The van der Waals surface area contributed by atoms with E-state index in [1.807, 2.05) is 94.3 Å². The van der Waals surface area contributed by atoms with E-state index in [0.29, 0.717) is 11.1 Å². The Morgan fingerprint density at radius 2 is 1.27 bits per heavy atom. The number of hydroxylamine groups is 2. The molecule has 0 saturated heterocycles. The zero-order chi connectivity index (χ0) is 22.7. The van der Waals surface area contributed by atoms with Crippen molar-refractivity contribution in [3.05, 3.63) is 71.3 Å². The maximum absolute atomic E-state index is 12.7. The molecule has 30 heavy (non-hydrogen) atoms. The molecule has 2 aromatic carbocycles. The van der Waals surface area contributed by atoms with E-state index in [1.165, 1.54) is 7.11 Å². The minimum absolute atomic E-state index is 0.0179. The average Bonchev–Trinajstić information content (AvgIpc) is 2.70. The molecular formula is C25H33NO4. The Morgan fingerprint density at radius 3 is 1.73 bits per heavy atom. The van der Waals surface area contributed by atoms with Crippen molar-refractivity contribution < 1.29 is 19.2 Å². The van der Waals surface area contributed by atoms with E-state index in [4.69, 9.17) is 9.57 Å². The van der Waals surface area contributed by atoms with Crippen LogP contribution in [-0.2, 0) is 19.9 Å². The number of hydrogen-bond donors (Lipinski definition) is 0. The van der Waals surface area contributed by atoms with Crippen molar-refractivity contribution in [2.45, 2.75) is 65.1 Å². The van der Waals surface area contributed by atoms with Crippen molar-refractivity contribution in [1.29, 1.82) is 0 Å². The second-order valence-corrected chi connectivity index (χ2v) is 9.39. The molecule has 0 fully saturated rings. The lowest BCUT2D eigenvalue weighted by atomic mass is 9.88. The fraction of sp³-hybridized carbons (Fsp3) is 0.440. The number of methoxy groups -OCH3 is 1. The number of ketones is 1.